The summed E-state index contributed by atoms with van der Waals surface area (Å²) >= 11 is 14.3. The molecule has 4 aliphatic rings. The molecule has 0 radical (unpaired) electrons. The lowest BCUT2D eigenvalue weighted by Gasteiger charge is -2.50. The van der Waals surface area contributed by atoms with Crippen molar-refractivity contribution in [1.29, 1.82) is 0 Å². The Labute approximate surface area is 299 Å². The molecule has 52 heavy (non-hydrogen) atoms. The number of hydrogen-bond acceptors (Lipinski definition) is 8. The molecule has 1 saturated carbocycles. The van der Waals surface area contributed by atoms with E-state index in [0.717, 1.165) is 17.0 Å². The van der Waals surface area contributed by atoms with Crippen molar-refractivity contribution in [3.05, 3.63) is 105 Å². The third-order valence-electron chi connectivity index (χ3n) is 10.1. The minimum Gasteiger partial charge on any atom is -0.491 e. The highest BCUT2D eigenvalue weighted by Gasteiger charge is 2.77. The van der Waals surface area contributed by atoms with Gasteiger partial charge in [-0.3, -0.25) is 29.3 Å². The highest BCUT2D eigenvalue weighted by molar-refractivity contribution is 6.58. The zero-order valence-electron chi connectivity index (χ0n) is 26.1. The minimum atomic E-state index is -2.77. The molecule has 6 unspecified atom stereocenters. The highest BCUT2D eigenvalue weighted by Crippen LogP contribution is 2.66. The number of alkyl halides is 2. The first-order chi connectivity index (χ1) is 24.6. The summed E-state index contributed by atoms with van der Waals surface area (Å²) in [5.74, 6) is -22.6. The van der Waals surface area contributed by atoms with Crippen LogP contribution < -0.4 is 14.5 Å². The molecule has 0 spiro atoms. The number of amides is 4. The molecule has 7 rings (SSSR count). The molecule has 0 aromatic heterocycles. The van der Waals surface area contributed by atoms with Crippen LogP contribution in [0.2, 0.25) is 0 Å². The summed E-state index contributed by atoms with van der Waals surface area (Å²) in [5.41, 5.74) is -2.23. The number of allylic oxidation sites excluding steroid dienone is 2. The van der Waals surface area contributed by atoms with Crippen LogP contribution in [0.5, 0.6) is 5.75 Å². The number of benzene rings is 3. The fourth-order valence-corrected chi connectivity index (χ4v) is 8.85. The van der Waals surface area contributed by atoms with Gasteiger partial charge in [-0.25, -0.2) is 31.8 Å². The van der Waals surface area contributed by atoms with Gasteiger partial charge >= 0.3 is 0 Å². The first-order valence-corrected chi connectivity index (χ1v) is 16.3. The summed E-state index contributed by atoms with van der Waals surface area (Å²) in [7, 11) is 0. The fourth-order valence-electron chi connectivity index (χ4n) is 7.92. The molecule has 11 nitrogen and oxygen atoms in total. The number of fused-ring (bicyclic) bond motifs is 4. The number of para-hydroxylation sites is 1. The number of halogens is 7. The van der Waals surface area contributed by atoms with Gasteiger partial charge in [0.05, 0.1) is 29.1 Å². The van der Waals surface area contributed by atoms with Crippen LogP contribution in [0, 0.1) is 57.0 Å². The second-order valence-electron chi connectivity index (χ2n) is 12.6. The summed E-state index contributed by atoms with van der Waals surface area (Å²) < 4.78 is 79.2. The molecule has 3 aromatic rings. The molecule has 2 aliphatic heterocycles. The number of aliphatic hydroxyl groups excluding tert-OH is 1. The molecule has 18 heteroatoms. The largest absolute Gasteiger partial charge is 0.491 e. The Morgan fingerprint density at radius 3 is 2.17 bits per heavy atom. The number of aliphatic hydroxyl groups is 1. The average molecular weight is 766 g/mol. The van der Waals surface area contributed by atoms with E-state index in [-0.39, 0.29) is 40.5 Å². The summed E-state index contributed by atoms with van der Waals surface area (Å²) in [6.07, 6.45) is 0.620. The van der Waals surface area contributed by atoms with Crippen LogP contribution >= 0.6 is 23.2 Å². The van der Waals surface area contributed by atoms with E-state index in [4.69, 9.17) is 27.9 Å². The predicted molar refractivity (Wildman–Crippen MR) is 171 cm³/mol. The quantitative estimate of drug-likeness (QED) is 0.0490. The van der Waals surface area contributed by atoms with E-state index < -0.39 is 115 Å². The second kappa shape index (κ2) is 12.3. The van der Waals surface area contributed by atoms with Gasteiger partial charge in [-0.15, -0.1) is 23.2 Å². The van der Waals surface area contributed by atoms with Crippen LogP contribution in [0.4, 0.5) is 39.0 Å². The summed E-state index contributed by atoms with van der Waals surface area (Å²) in [5, 5.41) is 21.0. The van der Waals surface area contributed by atoms with Crippen LogP contribution in [0.3, 0.4) is 0 Å². The standard InChI is InChI=1S/C34H22Cl2F5N3O8/c35-33-13-19-16(8-9-18-21(19)30(47)42(29(18)46)14-4-3-5-15(12-14)44(50)51)22(17-6-1-2-7-20(17)52-11-10-45)34(33,36)32(49)43(31(33)48)28-26(40)24(38)23(37)25(39)27(28)41/h1-8,12,18-19,21-22,45H,9-11,13H2. The van der Waals surface area contributed by atoms with E-state index in [1.807, 2.05) is 0 Å². The maximum absolute atomic E-state index is 15.3. The van der Waals surface area contributed by atoms with Crippen LogP contribution in [0.1, 0.15) is 24.3 Å². The Balaban J connectivity index is 1.43. The van der Waals surface area contributed by atoms with Gasteiger partial charge in [0.25, 0.3) is 17.5 Å². The van der Waals surface area contributed by atoms with Crippen molar-refractivity contribution < 1.29 is 55.9 Å². The average Bonchev–Trinajstić information content (AvgIpc) is 3.47. The normalized spacial score (nSPS) is 28.1. The topological polar surface area (TPSA) is 147 Å². The van der Waals surface area contributed by atoms with Crippen molar-refractivity contribution in [1.82, 2.24) is 0 Å². The maximum atomic E-state index is 15.3. The Morgan fingerprint density at radius 1 is 0.865 bits per heavy atom. The molecular formula is C34H22Cl2F5N3O8. The van der Waals surface area contributed by atoms with Gasteiger partial charge in [0, 0.05) is 23.6 Å². The Bertz CT molecular complexity index is 2140. The van der Waals surface area contributed by atoms with Crippen molar-refractivity contribution in [2.45, 2.75) is 28.5 Å². The van der Waals surface area contributed by atoms with Gasteiger partial charge in [-0.1, -0.05) is 35.9 Å². The molecule has 3 fully saturated rings. The Hall–Kier alpha value is -4.93. The van der Waals surface area contributed by atoms with Crippen LogP contribution in [0.25, 0.3) is 0 Å². The van der Waals surface area contributed by atoms with Crippen LogP contribution in [-0.4, -0.2) is 56.6 Å². The van der Waals surface area contributed by atoms with Gasteiger partial charge in [0.15, 0.2) is 33.0 Å². The maximum Gasteiger partial charge on any atom is 0.271 e. The van der Waals surface area contributed by atoms with Crippen molar-refractivity contribution in [2.24, 2.45) is 17.8 Å². The molecule has 6 atom stereocenters. The third-order valence-corrected chi connectivity index (χ3v) is 11.5. The Kier molecular flexibility index (Phi) is 8.42. The lowest BCUT2D eigenvalue weighted by atomic mass is 9.56. The predicted octanol–water partition coefficient (Wildman–Crippen LogP) is 5.43. The SMILES string of the molecule is O=C1C2CC=C3C(CC4(Cl)C(=O)N(c5c(F)c(F)c(F)c(F)c5F)C(=O)C4(Cl)C3c3ccccc3OCCO)C2C(=O)N1c1cccc([N+](=O)[O-])c1. The number of carbonyl (C=O) groups excluding carboxylic acids is 4. The summed E-state index contributed by atoms with van der Waals surface area (Å²) in [6, 6.07) is 10.6. The highest BCUT2D eigenvalue weighted by atomic mass is 35.5. The molecule has 270 valence electrons. The number of rotatable bonds is 7. The molecule has 4 amide bonds. The van der Waals surface area contributed by atoms with Gasteiger partial charge in [-0.05, 0) is 30.9 Å². The van der Waals surface area contributed by atoms with Gasteiger partial charge in [0.2, 0.25) is 17.6 Å². The van der Waals surface area contributed by atoms with Gasteiger partial charge in [0.1, 0.15) is 18.0 Å². The molecule has 1 N–H and O–H groups in total. The number of nitro benzene ring substituents is 1. The number of non-ortho nitro benzene ring substituents is 1. The summed E-state index contributed by atoms with van der Waals surface area (Å²) in [6.45, 7) is -0.762. The number of hydrogen-bond donors (Lipinski definition) is 1. The molecule has 3 aromatic carbocycles. The number of anilines is 2. The van der Waals surface area contributed by atoms with Crippen molar-refractivity contribution in [2.75, 3.05) is 23.0 Å². The molecule has 2 saturated heterocycles. The van der Waals surface area contributed by atoms with Gasteiger partial charge in [-0.2, -0.15) is 0 Å². The summed E-state index contributed by atoms with van der Waals surface area (Å²) in [4.78, 5) is 62.5. The zero-order chi connectivity index (χ0) is 37.6. The van der Waals surface area contributed by atoms with E-state index in [1.54, 1.807) is 0 Å². The fraction of sp³-hybridized carbons (Fsp3) is 0.294. The first-order valence-electron chi connectivity index (χ1n) is 15.5. The molecule has 2 heterocycles. The van der Waals surface area contributed by atoms with Crippen LogP contribution in [-0.2, 0) is 19.2 Å². The lowest BCUT2D eigenvalue weighted by molar-refractivity contribution is -0.384. The monoisotopic (exact) mass is 765 g/mol. The molecule has 2 aliphatic carbocycles. The van der Waals surface area contributed by atoms with E-state index in [1.165, 1.54) is 42.5 Å². The van der Waals surface area contributed by atoms with Crippen molar-refractivity contribution in [3.63, 3.8) is 0 Å². The van der Waals surface area contributed by atoms with E-state index in [9.17, 15) is 47.6 Å². The molecular weight excluding hydrogens is 744 g/mol. The number of nitro groups is 1. The Morgan fingerprint density at radius 2 is 1.52 bits per heavy atom. The molecule has 0 bridgehead atoms. The van der Waals surface area contributed by atoms with Gasteiger partial charge < -0.3 is 9.84 Å². The third kappa shape index (κ3) is 4.66. The van der Waals surface area contributed by atoms with Crippen molar-refractivity contribution >= 4 is 63.9 Å². The number of ether oxygens (including phenoxy) is 1. The number of carbonyl (C=O) groups is 4. The van der Waals surface area contributed by atoms with Crippen LogP contribution in [0.15, 0.2) is 60.2 Å². The second-order valence-corrected chi connectivity index (χ2v) is 13.8. The lowest BCUT2D eigenvalue weighted by Crippen LogP contribution is -2.60. The van der Waals surface area contributed by atoms with E-state index in [2.05, 4.69) is 0 Å². The van der Waals surface area contributed by atoms with E-state index in [0.29, 0.717) is 0 Å². The first kappa shape index (κ1) is 35.5. The number of imide groups is 2. The smallest absolute Gasteiger partial charge is 0.271 e. The van der Waals surface area contributed by atoms with Crippen molar-refractivity contribution in [3.8, 4) is 5.75 Å². The number of nitrogens with zero attached hydrogens (tertiary/aromatic N) is 3. The van der Waals surface area contributed by atoms with E-state index >= 15 is 8.78 Å². The minimum absolute atomic E-state index is 0.00811. The zero-order valence-corrected chi connectivity index (χ0v) is 27.6.